The van der Waals surface area contributed by atoms with Crippen molar-refractivity contribution in [1.82, 2.24) is 14.9 Å². The van der Waals surface area contributed by atoms with Crippen LogP contribution in [0.2, 0.25) is 5.02 Å². The molecule has 3 heterocycles. The first-order valence-electron chi connectivity index (χ1n) is 12.6. The van der Waals surface area contributed by atoms with Crippen LogP contribution in [0.15, 0.2) is 47.5 Å². The maximum Gasteiger partial charge on any atom is 0.226 e. The minimum absolute atomic E-state index is 0.237. The lowest BCUT2D eigenvalue weighted by atomic mass is 9.96. The summed E-state index contributed by atoms with van der Waals surface area (Å²) in [5, 5.41) is 13.2. The Morgan fingerprint density at radius 3 is 2.42 bits per heavy atom. The highest BCUT2D eigenvalue weighted by molar-refractivity contribution is 7.90. The van der Waals surface area contributed by atoms with E-state index >= 15 is 0 Å². The first-order chi connectivity index (χ1) is 18.1. The highest BCUT2D eigenvalue weighted by Crippen LogP contribution is 2.39. The lowest BCUT2D eigenvalue weighted by molar-refractivity contribution is 0.124. The number of sulfone groups is 1. The van der Waals surface area contributed by atoms with E-state index in [1.165, 1.54) is 6.26 Å². The Balaban J connectivity index is 1.24. The quantitative estimate of drug-likeness (QED) is 0.414. The Labute approximate surface area is 228 Å². The van der Waals surface area contributed by atoms with Gasteiger partial charge in [0.15, 0.2) is 9.84 Å². The van der Waals surface area contributed by atoms with Gasteiger partial charge in [-0.05, 0) is 80.5 Å². The molecule has 2 aliphatic rings. The van der Waals surface area contributed by atoms with Gasteiger partial charge in [-0.2, -0.15) is 10.2 Å². The molecular weight excluding hydrogens is 522 g/mol. The lowest BCUT2D eigenvalue weighted by Gasteiger charge is -2.39. The summed E-state index contributed by atoms with van der Waals surface area (Å²) in [5.74, 6) is 1.68. The van der Waals surface area contributed by atoms with Crippen molar-refractivity contribution in [2.24, 2.45) is 0 Å². The summed E-state index contributed by atoms with van der Waals surface area (Å²) in [6.07, 6.45) is 7.02. The fourth-order valence-corrected chi connectivity index (χ4v) is 6.62. The Kier molecular flexibility index (Phi) is 7.32. The molecule has 0 radical (unpaired) electrons. The van der Waals surface area contributed by atoms with Crippen molar-refractivity contribution in [3.05, 3.63) is 69.9 Å². The first kappa shape index (κ1) is 26.4. The molecule has 2 aliphatic heterocycles. The molecule has 5 rings (SSSR count). The zero-order valence-electron chi connectivity index (χ0n) is 21.6. The Morgan fingerprint density at radius 2 is 1.82 bits per heavy atom. The number of piperidine rings is 1. The van der Waals surface area contributed by atoms with Crippen molar-refractivity contribution in [3.63, 3.8) is 0 Å². The van der Waals surface area contributed by atoms with Crippen molar-refractivity contribution in [2.45, 2.75) is 69.1 Å². The van der Waals surface area contributed by atoms with E-state index in [1.807, 2.05) is 19.9 Å². The second kappa shape index (κ2) is 10.5. The van der Waals surface area contributed by atoms with E-state index in [2.05, 4.69) is 26.3 Å². The monoisotopic (exact) mass is 551 g/mol. The number of nitrogens with zero attached hydrogens (tertiary/aromatic N) is 4. The molecule has 3 aromatic rings. The SMILES string of the molecule is Cc1cc(C#N)cc(C)c1Oc1ccnc(NC2C[C@H]3CC[C@H](C2)N3Cc2ccc(S(C)(=O)=O)cc2Cl)n1. The van der Waals surface area contributed by atoms with E-state index in [0.717, 1.165) is 42.4 Å². The average Bonchev–Trinajstić information content (AvgIpc) is 3.09. The number of halogens is 1. The van der Waals surface area contributed by atoms with Gasteiger partial charge >= 0.3 is 0 Å². The standard InChI is InChI=1S/C28H30ClN5O3S/c1-17-10-19(15-30)11-18(2)27(17)37-26-8-9-31-28(33-26)32-21-12-22-5-6-23(13-21)34(22)16-20-4-7-24(14-25(20)29)38(3,35)36/h4,7-11,14,21-23H,5-6,12-13,16H2,1-3H3,(H,31,32,33)/t22-,23-/m1/s1. The van der Waals surface area contributed by atoms with Crippen molar-refractivity contribution >= 4 is 27.4 Å². The van der Waals surface area contributed by atoms with E-state index in [4.69, 9.17) is 16.3 Å². The van der Waals surface area contributed by atoms with Gasteiger partial charge < -0.3 is 10.1 Å². The number of hydrogen-bond donors (Lipinski definition) is 1. The molecule has 198 valence electrons. The minimum atomic E-state index is -3.29. The third-order valence-corrected chi connectivity index (χ3v) is 8.91. The van der Waals surface area contributed by atoms with Crippen molar-refractivity contribution in [2.75, 3.05) is 11.6 Å². The maximum atomic E-state index is 11.8. The van der Waals surface area contributed by atoms with Crippen LogP contribution in [0.3, 0.4) is 0 Å². The van der Waals surface area contributed by atoms with Gasteiger partial charge in [0.2, 0.25) is 11.8 Å². The number of hydrogen-bond acceptors (Lipinski definition) is 8. The molecule has 0 unspecified atom stereocenters. The molecule has 2 aromatic carbocycles. The molecule has 0 amide bonds. The number of fused-ring (bicyclic) bond motifs is 2. The Hall–Kier alpha value is -3.19. The molecular formula is C28H30ClN5O3S. The van der Waals surface area contributed by atoms with E-state index in [0.29, 0.717) is 46.8 Å². The van der Waals surface area contributed by atoms with Gasteiger partial charge in [0, 0.05) is 48.2 Å². The van der Waals surface area contributed by atoms with Crippen LogP contribution in [-0.4, -0.2) is 47.7 Å². The summed E-state index contributed by atoms with van der Waals surface area (Å²) < 4.78 is 29.8. The summed E-state index contributed by atoms with van der Waals surface area (Å²) in [5.41, 5.74) is 3.31. The molecule has 10 heteroatoms. The normalized spacial score (nSPS) is 21.2. The van der Waals surface area contributed by atoms with Crippen LogP contribution >= 0.6 is 11.6 Å². The second-order valence-electron chi connectivity index (χ2n) is 10.3. The van der Waals surface area contributed by atoms with Crippen LogP contribution in [0.5, 0.6) is 11.6 Å². The largest absolute Gasteiger partial charge is 0.438 e. The molecule has 0 aliphatic carbocycles. The summed E-state index contributed by atoms with van der Waals surface area (Å²) in [4.78, 5) is 11.8. The predicted molar refractivity (Wildman–Crippen MR) is 146 cm³/mol. The molecule has 8 nitrogen and oxygen atoms in total. The third-order valence-electron chi connectivity index (χ3n) is 7.45. The minimum Gasteiger partial charge on any atom is -0.438 e. The first-order valence-corrected chi connectivity index (χ1v) is 14.9. The van der Waals surface area contributed by atoms with Crippen LogP contribution in [0, 0.1) is 25.2 Å². The van der Waals surface area contributed by atoms with Crippen LogP contribution in [0.4, 0.5) is 5.95 Å². The van der Waals surface area contributed by atoms with E-state index in [1.54, 1.807) is 36.5 Å². The Bertz CT molecular complexity index is 1480. The fraction of sp³-hybridized carbons (Fsp3) is 0.393. The summed E-state index contributed by atoms with van der Waals surface area (Å²) in [6.45, 7) is 4.54. The average molecular weight is 552 g/mol. The molecule has 2 saturated heterocycles. The van der Waals surface area contributed by atoms with Crippen LogP contribution < -0.4 is 10.1 Å². The van der Waals surface area contributed by atoms with Crippen LogP contribution in [-0.2, 0) is 16.4 Å². The summed E-state index contributed by atoms with van der Waals surface area (Å²) in [7, 11) is -3.29. The lowest BCUT2D eigenvalue weighted by Crippen LogP contribution is -2.46. The van der Waals surface area contributed by atoms with Crippen LogP contribution in [0.1, 0.15) is 47.9 Å². The molecule has 0 saturated carbocycles. The summed E-state index contributed by atoms with van der Waals surface area (Å²) >= 11 is 6.47. The van der Waals surface area contributed by atoms with E-state index < -0.39 is 9.84 Å². The number of anilines is 1. The van der Waals surface area contributed by atoms with Gasteiger partial charge in [-0.15, -0.1) is 0 Å². The third kappa shape index (κ3) is 5.63. The van der Waals surface area contributed by atoms with Crippen molar-refractivity contribution in [1.29, 1.82) is 5.26 Å². The summed E-state index contributed by atoms with van der Waals surface area (Å²) in [6, 6.07) is 13.6. The van der Waals surface area contributed by atoms with Gasteiger partial charge in [0.25, 0.3) is 0 Å². The van der Waals surface area contributed by atoms with E-state index in [-0.39, 0.29) is 10.9 Å². The van der Waals surface area contributed by atoms with Gasteiger partial charge in [-0.3, -0.25) is 4.90 Å². The molecule has 38 heavy (non-hydrogen) atoms. The number of ether oxygens (including phenoxy) is 1. The fourth-order valence-electron chi connectivity index (χ4n) is 5.67. The number of rotatable bonds is 7. The van der Waals surface area contributed by atoms with Gasteiger partial charge in [-0.25, -0.2) is 13.4 Å². The molecule has 2 bridgehead atoms. The van der Waals surface area contributed by atoms with Crippen molar-refractivity contribution < 1.29 is 13.2 Å². The maximum absolute atomic E-state index is 11.8. The van der Waals surface area contributed by atoms with Gasteiger partial charge in [0.1, 0.15) is 5.75 Å². The Morgan fingerprint density at radius 1 is 1.13 bits per heavy atom. The molecule has 0 spiro atoms. The number of aryl methyl sites for hydroxylation is 2. The zero-order valence-corrected chi connectivity index (χ0v) is 23.2. The predicted octanol–water partition coefficient (Wildman–Crippen LogP) is 5.42. The van der Waals surface area contributed by atoms with E-state index in [9.17, 15) is 13.7 Å². The molecule has 2 fully saturated rings. The van der Waals surface area contributed by atoms with Crippen molar-refractivity contribution in [3.8, 4) is 17.7 Å². The smallest absolute Gasteiger partial charge is 0.226 e. The highest BCUT2D eigenvalue weighted by Gasteiger charge is 2.41. The highest BCUT2D eigenvalue weighted by atomic mass is 35.5. The molecule has 2 atom stereocenters. The molecule has 1 aromatic heterocycles. The zero-order chi connectivity index (χ0) is 27.0. The number of benzene rings is 2. The topological polar surface area (TPSA) is 108 Å². The van der Waals surface area contributed by atoms with Crippen LogP contribution in [0.25, 0.3) is 0 Å². The van der Waals surface area contributed by atoms with Gasteiger partial charge in [0.05, 0.1) is 16.5 Å². The second-order valence-corrected chi connectivity index (χ2v) is 12.7. The number of nitriles is 1. The number of nitrogens with one attached hydrogen (secondary N) is 1. The van der Waals surface area contributed by atoms with Gasteiger partial charge in [-0.1, -0.05) is 17.7 Å². The molecule has 1 N–H and O–H groups in total. The number of aromatic nitrogens is 2.